The number of benzene rings is 1. The Bertz CT molecular complexity index is 482. The molecule has 104 valence electrons. The lowest BCUT2D eigenvalue weighted by molar-refractivity contribution is -0.169. The second kappa shape index (κ2) is 5.09. The average molecular weight is 306 g/mol. The molecule has 19 heavy (non-hydrogen) atoms. The van der Waals surface area contributed by atoms with Gasteiger partial charge < -0.3 is 14.4 Å². The predicted octanol–water partition coefficient (Wildman–Crippen LogP) is 3.48. The number of hydrogen-bond acceptors (Lipinski definition) is 3. The smallest absolute Gasteiger partial charge is 0.171 e. The van der Waals surface area contributed by atoms with E-state index in [2.05, 4.69) is 4.90 Å². The summed E-state index contributed by atoms with van der Waals surface area (Å²) in [7, 11) is 0. The fourth-order valence-corrected chi connectivity index (χ4v) is 3.06. The maximum absolute atomic E-state index is 13.3. The Labute approximate surface area is 121 Å². The molecule has 2 aliphatic heterocycles. The number of piperidine rings is 1. The summed E-state index contributed by atoms with van der Waals surface area (Å²) in [5.41, 5.74) is 0.765. The number of hydrogen-bond donors (Lipinski definition) is 0. The Balaban J connectivity index is 1.76. The maximum atomic E-state index is 13.3. The van der Waals surface area contributed by atoms with Crippen molar-refractivity contribution in [1.82, 2.24) is 0 Å². The molecule has 2 fully saturated rings. The van der Waals surface area contributed by atoms with Crippen LogP contribution < -0.4 is 4.90 Å². The van der Waals surface area contributed by atoms with Gasteiger partial charge in [0.25, 0.3) is 0 Å². The van der Waals surface area contributed by atoms with Crippen LogP contribution in [-0.2, 0) is 9.47 Å². The molecule has 0 N–H and O–H groups in total. The zero-order valence-electron chi connectivity index (χ0n) is 10.3. The van der Waals surface area contributed by atoms with Gasteiger partial charge in [-0.05, 0) is 12.1 Å². The summed E-state index contributed by atoms with van der Waals surface area (Å²) in [6.07, 6.45) is 1.55. The van der Waals surface area contributed by atoms with Crippen molar-refractivity contribution in [2.75, 3.05) is 31.2 Å². The molecule has 3 nitrogen and oxygen atoms in total. The van der Waals surface area contributed by atoms with Gasteiger partial charge in [0, 0.05) is 25.9 Å². The Kier molecular flexibility index (Phi) is 3.60. The molecule has 3 rings (SSSR count). The van der Waals surface area contributed by atoms with E-state index in [1.807, 2.05) is 0 Å². The minimum atomic E-state index is -0.494. The van der Waals surface area contributed by atoms with Gasteiger partial charge in [0.15, 0.2) is 5.79 Å². The van der Waals surface area contributed by atoms with Crippen molar-refractivity contribution in [2.24, 2.45) is 0 Å². The summed E-state index contributed by atoms with van der Waals surface area (Å²) in [6.45, 7) is 2.82. The molecule has 1 aromatic rings. The van der Waals surface area contributed by atoms with Gasteiger partial charge in [-0.15, -0.1) is 0 Å². The second-order valence-electron chi connectivity index (χ2n) is 4.81. The van der Waals surface area contributed by atoms with Crippen LogP contribution in [0.1, 0.15) is 12.8 Å². The summed E-state index contributed by atoms with van der Waals surface area (Å²) in [4.78, 5) is 2.09. The Morgan fingerprint density at radius 3 is 2.32 bits per heavy atom. The summed E-state index contributed by atoms with van der Waals surface area (Å²) in [6, 6.07) is 2.83. The van der Waals surface area contributed by atoms with Crippen molar-refractivity contribution in [2.45, 2.75) is 18.6 Å². The molecule has 2 heterocycles. The first-order valence-corrected chi connectivity index (χ1v) is 7.03. The second-order valence-corrected chi connectivity index (χ2v) is 5.63. The molecular formula is C13H14Cl2FNO2. The molecule has 1 aromatic carbocycles. The molecule has 0 aromatic heterocycles. The lowest BCUT2D eigenvalue weighted by Crippen LogP contribution is -2.45. The van der Waals surface area contributed by atoms with Gasteiger partial charge in [-0.2, -0.15) is 0 Å². The topological polar surface area (TPSA) is 21.7 Å². The zero-order chi connectivity index (χ0) is 13.5. The lowest BCUT2D eigenvalue weighted by atomic mass is 10.0. The van der Waals surface area contributed by atoms with Crippen LogP contribution in [0, 0.1) is 5.82 Å². The van der Waals surface area contributed by atoms with E-state index in [4.69, 9.17) is 32.7 Å². The molecule has 2 aliphatic rings. The fourth-order valence-electron chi connectivity index (χ4n) is 2.63. The quantitative estimate of drug-likeness (QED) is 0.742. The van der Waals surface area contributed by atoms with Crippen LogP contribution in [0.15, 0.2) is 12.1 Å². The summed E-state index contributed by atoms with van der Waals surface area (Å²) < 4.78 is 24.6. The summed E-state index contributed by atoms with van der Waals surface area (Å²) in [5, 5.41) is 0.471. The third kappa shape index (κ3) is 2.55. The van der Waals surface area contributed by atoms with Crippen molar-refractivity contribution < 1.29 is 13.9 Å². The van der Waals surface area contributed by atoms with E-state index in [1.165, 1.54) is 6.07 Å². The molecule has 0 saturated carbocycles. The average Bonchev–Trinajstić information content (AvgIpc) is 2.84. The zero-order valence-corrected chi connectivity index (χ0v) is 11.8. The summed E-state index contributed by atoms with van der Waals surface area (Å²) >= 11 is 11.9. The van der Waals surface area contributed by atoms with E-state index in [-0.39, 0.29) is 5.02 Å². The number of rotatable bonds is 1. The lowest BCUT2D eigenvalue weighted by Gasteiger charge is -2.39. The van der Waals surface area contributed by atoms with Crippen molar-refractivity contribution in [3.05, 3.63) is 28.0 Å². The molecule has 1 spiro atoms. The van der Waals surface area contributed by atoms with Crippen molar-refractivity contribution in [3.8, 4) is 0 Å². The van der Waals surface area contributed by atoms with E-state index in [9.17, 15) is 4.39 Å². The molecule has 2 saturated heterocycles. The van der Waals surface area contributed by atoms with Gasteiger partial charge in [-0.25, -0.2) is 4.39 Å². The highest BCUT2D eigenvalue weighted by Crippen LogP contribution is 2.37. The SMILES string of the molecule is Fc1cc(Cl)c(N2CCC3(CC2)OCCO3)cc1Cl. The number of ether oxygens (including phenoxy) is 2. The Morgan fingerprint density at radius 1 is 1.05 bits per heavy atom. The highest BCUT2D eigenvalue weighted by atomic mass is 35.5. The van der Waals surface area contributed by atoms with Gasteiger partial charge in [0.1, 0.15) is 5.82 Å². The van der Waals surface area contributed by atoms with Crippen LogP contribution in [0.25, 0.3) is 0 Å². The molecule has 0 amide bonds. The molecule has 0 aliphatic carbocycles. The molecule has 0 unspecified atom stereocenters. The molecule has 6 heteroatoms. The van der Waals surface area contributed by atoms with Crippen LogP contribution in [0.3, 0.4) is 0 Å². The fraction of sp³-hybridized carbons (Fsp3) is 0.538. The van der Waals surface area contributed by atoms with E-state index in [1.54, 1.807) is 6.07 Å². The van der Waals surface area contributed by atoms with E-state index in [0.29, 0.717) is 18.2 Å². The van der Waals surface area contributed by atoms with E-state index >= 15 is 0 Å². The van der Waals surface area contributed by atoms with Crippen LogP contribution >= 0.6 is 23.2 Å². The highest BCUT2D eigenvalue weighted by Gasteiger charge is 2.40. The van der Waals surface area contributed by atoms with Crippen molar-refractivity contribution in [1.29, 1.82) is 0 Å². The van der Waals surface area contributed by atoms with Crippen LogP contribution in [0.2, 0.25) is 10.0 Å². The minimum absolute atomic E-state index is 0.0908. The van der Waals surface area contributed by atoms with Gasteiger partial charge in [0.05, 0.1) is 28.9 Å². The van der Waals surface area contributed by atoms with Crippen molar-refractivity contribution in [3.63, 3.8) is 0 Å². The molecule has 0 bridgehead atoms. The van der Waals surface area contributed by atoms with Gasteiger partial charge in [-0.1, -0.05) is 23.2 Å². The highest BCUT2D eigenvalue weighted by molar-refractivity contribution is 6.35. The van der Waals surface area contributed by atoms with Crippen LogP contribution in [0.4, 0.5) is 10.1 Å². The predicted molar refractivity (Wildman–Crippen MR) is 72.5 cm³/mol. The maximum Gasteiger partial charge on any atom is 0.171 e. The molecular weight excluding hydrogens is 292 g/mol. The molecule has 0 atom stereocenters. The van der Waals surface area contributed by atoms with Crippen molar-refractivity contribution >= 4 is 28.9 Å². The Hall–Kier alpha value is -0.550. The first kappa shape index (κ1) is 13.4. The minimum Gasteiger partial charge on any atom is -0.370 e. The standard InChI is InChI=1S/C13H14Cl2FNO2/c14-9-8-12(10(15)7-11(9)16)17-3-1-13(2-4-17)18-5-6-19-13/h7-8H,1-6H2. The largest absolute Gasteiger partial charge is 0.370 e. The first-order chi connectivity index (χ1) is 9.10. The normalized spacial score (nSPS) is 22.2. The monoisotopic (exact) mass is 305 g/mol. The first-order valence-electron chi connectivity index (χ1n) is 6.27. The third-order valence-electron chi connectivity index (χ3n) is 3.67. The van der Waals surface area contributed by atoms with E-state index < -0.39 is 11.6 Å². The van der Waals surface area contributed by atoms with E-state index in [0.717, 1.165) is 31.6 Å². The summed E-state index contributed by atoms with van der Waals surface area (Å²) in [5.74, 6) is -0.918. The van der Waals surface area contributed by atoms with Crippen LogP contribution in [-0.4, -0.2) is 32.1 Å². The Morgan fingerprint density at radius 2 is 1.68 bits per heavy atom. The molecule has 0 radical (unpaired) electrons. The van der Waals surface area contributed by atoms with Gasteiger partial charge >= 0.3 is 0 Å². The van der Waals surface area contributed by atoms with Gasteiger partial charge in [-0.3, -0.25) is 0 Å². The third-order valence-corrected chi connectivity index (χ3v) is 4.26. The number of anilines is 1. The number of halogens is 3. The van der Waals surface area contributed by atoms with Crippen LogP contribution in [0.5, 0.6) is 0 Å². The number of nitrogens with zero attached hydrogens (tertiary/aromatic N) is 1. The van der Waals surface area contributed by atoms with Gasteiger partial charge in [0.2, 0.25) is 0 Å².